The first-order valence-electron chi connectivity index (χ1n) is 5.11. The number of carboxylic acids is 1. The molecule has 1 aromatic heterocycles. The second-order valence-electron chi connectivity index (χ2n) is 3.14. The second kappa shape index (κ2) is 7.53. The van der Waals surface area contributed by atoms with Crippen LogP contribution in [0.2, 0.25) is 0 Å². The SMILES string of the molecule is COCCOCCNc1ccc(C(=O)O)nn1. The van der Waals surface area contributed by atoms with Gasteiger partial charge < -0.3 is 19.9 Å². The first-order valence-corrected chi connectivity index (χ1v) is 5.11. The van der Waals surface area contributed by atoms with Gasteiger partial charge in [0.25, 0.3) is 0 Å². The molecular formula is C10H15N3O4. The molecule has 0 amide bonds. The molecule has 7 heteroatoms. The lowest BCUT2D eigenvalue weighted by molar-refractivity contribution is 0.0689. The Morgan fingerprint density at radius 1 is 1.35 bits per heavy atom. The Labute approximate surface area is 98.8 Å². The number of nitrogens with zero attached hydrogens (tertiary/aromatic N) is 2. The van der Waals surface area contributed by atoms with E-state index in [0.717, 1.165) is 0 Å². The average molecular weight is 241 g/mol. The molecule has 0 atom stereocenters. The summed E-state index contributed by atoms with van der Waals surface area (Å²) in [4.78, 5) is 10.5. The lowest BCUT2D eigenvalue weighted by Crippen LogP contribution is -2.13. The zero-order valence-corrected chi connectivity index (χ0v) is 9.55. The van der Waals surface area contributed by atoms with Gasteiger partial charge in [-0.2, -0.15) is 0 Å². The fourth-order valence-electron chi connectivity index (χ4n) is 1.04. The topological polar surface area (TPSA) is 93.6 Å². The van der Waals surface area contributed by atoms with Crippen LogP contribution in [-0.2, 0) is 9.47 Å². The molecule has 0 spiro atoms. The van der Waals surface area contributed by atoms with Crippen molar-refractivity contribution < 1.29 is 19.4 Å². The van der Waals surface area contributed by atoms with Gasteiger partial charge in [0.2, 0.25) is 0 Å². The summed E-state index contributed by atoms with van der Waals surface area (Å²) in [5, 5.41) is 18.8. The number of rotatable bonds is 8. The number of hydrogen-bond acceptors (Lipinski definition) is 6. The minimum absolute atomic E-state index is 0.0769. The molecule has 2 N–H and O–H groups in total. The maximum absolute atomic E-state index is 10.5. The van der Waals surface area contributed by atoms with Gasteiger partial charge in [0.05, 0.1) is 19.8 Å². The van der Waals surface area contributed by atoms with Crippen molar-refractivity contribution in [2.24, 2.45) is 0 Å². The number of aromatic carboxylic acids is 1. The van der Waals surface area contributed by atoms with Gasteiger partial charge >= 0.3 is 5.97 Å². The third-order valence-electron chi connectivity index (χ3n) is 1.87. The molecule has 94 valence electrons. The lowest BCUT2D eigenvalue weighted by atomic mass is 10.4. The Hall–Kier alpha value is -1.73. The van der Waals surface area contributed by atoms with Crippen molar-refractivity contribution in [3.05, 3.63) is 17.8 Å². The highest BCUT2D eigenvalue weighted by Crippen LogP contribution is 2.01. The van der Waals surface area contributed by atoms with E-state index in [4.69, 9.17) is 14.6 Å². The number of carbonyl (C=O) groups is 1. The number of carboxylic acid groups (broad SMARTS) is 1. The summed E-state index contributed by atoms with van der Waals surface area (Å²) in [7, 11) is 1.61. The van der Waals surface area contributed by atoms with E-state index in [-0.39, 0.29) is 5.69 Å². The van der Waals surface area contributed by atoms with Gasteiger partial charge in [0, 0.05) is 13.7 Å². The quantitative estimate of drug-likeness (QED) is 0.630. The van der Waals surface area contributed by atoms with Gasteiger partial charge in [-0.15, -0.1) is 10.2 Å². The second-order valence-corrected chi connectivity index (χ2v) is 3.14. The van der Waals surface area contributed by atoms with Gasteiger partial charge in [-0.3, -0.25) is 0 Å². The number of nitrogens with one attached hydrogen (secondary N) is 1. The summed E-state index contributed by atoms with van der Waals surface area (Å²) in [5.74, 6) is -0.572. The predicted molar refractivity (Wildman–Crippen MR) is 60.2 cm³/mol. The highest BCUT2D eigenvalue weighted by atomic mass is 16.5. The third-order valence-corrected chi connectivity index (χ3v) is 1.87. The van der Waals surface area contributed by atoms with Crippen molar-refractivity contribution in [1.82, 2.24) is 10.2 Å². The van der Waals surface area contributed by atoms with E-state index < -0.39 is 5.97 Å². The van der Waals surface area contributed by atoms with Crippen LogP contribution in [0.25, 0.3) is 0 Å². The first-order chi connectivity index (χ1) is 8.24. The monoisotopic (exact) mass is 241 g/mol. The fraction of sp³-hybridized carbons (Fsp3) is 0.500. The van der Waals surface area contributed by atoms with Crippen LogP contribution in [0.5, 0.6) is 0 Å². The first kappa shape index (κ1) is 13.3. The molecule has 1 heterocycles. The van der Waals surface area contributed by atoms with Crippen LogP contribution < -0.4 is 5.32 Å². The summed E-state index contributed by atoms with van der Waals surface area (Å²) in [6.45, 7) is 2.20. The highest BCUT2D eigenvalue weighted by molar-refractivity contribution is 5.85. The minimum Gasteiger partial charge on any atom is -0.476 e. The van der Waals surface area contributed by atoms with Crippen LogP contribution in [0.4, 0.5) is 5.82 Å². The van der Waals surface area contributed by atoms with E-state index in [1.54, 1.807) is 13.2 Å². The van der Waals surface area contributed by atoms with E-state index in [9.17, 15) is 4.79 Å². The van der Waals surface area contributed by atoms with E-state index in [1.807, 2.05) is 0 Å². The third kappa shape index (κ3) is 5.23. The number of aromatic nitrogens is 2. The van der Waals surface area contributed by atoms with Crippen molar-refractivity contribution >= 4 is 11.8 Å². The van der Waals surface area contributed by atoms with E-state index in [1.165, 1.54) is 6.07 Å². The van der Waals surface area contributed by atoms with Crippen molar-refractivity contribution in [2.45, 2.75) is 0 Å². The molecule has 0 radical (unpaired) electrons. The van der Waals surface area contributed by atoms with Crippen LogP contribution in [0, 0.1) is 0 Å². The number of anilines is 1. The number of ether oxygens (including phenoxy) is 2. The smallest absolute Gasteiger partial charge is 0.356 e. The summed E-state index contributed by atoms with van der Waals surface area (Å²) in [6.07, 6.45) is 0. The Morgan fingerprint density at radius 3 is 2.76 bits per heavy atom. The highest BCUT2D eigenvalue weighted by Gasteiger charge is 2.04. The van der Waals surface area contributed by atoms with Gasteiger partial charge in [-0.25, -0.2) is 4.79 Å². The molecular weight excluding hydrogens is 226 g/mol. The summed E-state index contributed by atoms with van der Waals surface area (Å²) in [5.41, 5.74) is -0.0769. The molecule has 7 nitrogen and oxygen atoms in total. The molecule has 0 bridgehead atoms. The average Bonchev–Trinajstić information content (AvgIpc) is 2.34. The largest absolute Gasteiger partial charge is 0.476 e. The number of methoxy groups -OCH3 is 1. The molecule has 17 heavy (non-hydrogen) atoms. The Kier molecular flexibility index (Phi) is 5.91. The maximum atomic E-state index is 10.5. The van der Waals surface area contributed by atoms with Crippen LogP contribution in [0.3, 0.4) is 0 Å². The fourth-order valence-corrected chi connectivity index (χ4v) is 1.04. The van der Waals surface area contributed by atoms with Crippen LogP contribution in [-0.4, -0.2) is 54.7 Å². The molecule has 0 unspecified atom stereocenters. The maximum Gasteiger partial charge on any atom is 0.356 e. The molecule has 0 aliphatic rings. The lowest BCUT2D eigenvalue weighted by Gasteiger charge is -2.05. The van der Waals surface area contributed by atoms with Crippen molar-refractivity contribution in [1.29, 1.82) is 0 Å². The van der Waals surface area contributed by atoms with Crippen molar-refractivity contribution in [3.8, 4) is 0 Å². The standard InChI is InChI=1S/C10H15N3O4/c1-16-6-7-17-5-4-11-9-3-2-8(10(14)15)12-13-9/h2-3H,4-7H2,1H3,(H,11,13)(H,14,15). The molecule has 0 fully saturated rings. The van der Waals surface area contributed by atoms with Crippen LogP contribution in [0.15, 0.2) is 12.1 Å². The van der Waals surface area contributed by atoms with E-state index >= 15 is 0 Å². The molecule has 0 aliphatic heterocycles. The summed E-state index contributed by atoms with van der Waals surface area (Å²) >= 11 is 0. The van der Waals surface area contributed by atoms with E-state index in [2.05, 4.69) is 15.5 Å². The molecule has 0 saturated carbocycles. The normalized spacial score (nSPS) is 10.2. The predicted octanol–water partition coefficient (Wildman–Crippen LogP) is 0.250. The Morgan fingerprint density at radius 2 is 2.18 bits per heavy atom. The van der Waals surface area contributed by atoms with Crippen molar-refractivity contribution in [3.63, 3.8) is 0 Å². The molecule has 0 aromatic carbocycles. The molecule has 1 rings (SSSR count). The van der Waals surface area contributed by atoms with Gasteiger partial charge in [-0.1, -0.05) is 0 Å². The van der Waals surface area contributed by atoms with Gasteiger partial charge in [-0.05, 0) is 12.1 Å². The summed E-state index contributed by atoms with van der Waals surface area (Å²) < 4.78 is 10.0. The molecule has 1 aromatic rings. The van der Waals surface area contributed by atoms with Gasteiger partial charge in [0.1, 0.15) is 5.82 Å². The van der Waals surface area contributed by atoms with Gasteiger partial charge in [0.15, 0.2) is 5.69 Å². The molecule has 0 aliphatic carbocycles. The number of hydrogen-bond donors (Lipinski definition) is 2. The minimum atomic E-state index is -1.09. The van der Waals surface area contributed by atoms with E-state index in [0.29, 0.717) is 32.2 Å². The Balaban J connectivity index is 2.21. The van der Waals surface area contributed by atoms with Crippen LogP contribution in [0.1, 0.15) is 10.5 Å². The molecule has 0 saturated heterocycles. The van der Waals surface area contributed by atoms with Crippen LogP contribution >= 0.6 is 0 Å². The van der Waals surface area contributed by atoms with Crippen molar-refractivity contribution in [2.75, 3.05) is 38.8 Å². The zero-order valence-electron chi connectivity index (χ0n) is 9.55. The Bertz CT molecular complexity index is 342. The summed E-state index contributed by atoms with van der Waals surface area (Å²) in [6, 6.07) is 2.95. The zero-order chi connectivity index (χ0) is 12.5.